The van der Waals surface area contributed by atoms with Crippen LogP contribution in [0.2, 0.25) is 0 Å². The van der Waals surface area contributed by atoms with Gasteiger partial charge in [0.15, 0.2) is 0 Å². The van der Waals surface area contributed by atoms with Crippen molar-refractivity contribution in [1.82, 2.24) is 5.32 Å². The molecule has 90 valence electrons. The van der Waals surface area contributed by atoms with E-state index in [4.69, 9.17) is 0 Å². The zero-order chi connectivity index (χ0) is 11.4. The molecule has 0 aliphatic heterocycles. The molecule has 0 amide bonds. The van der Waals surface area contributed by atoms with Crippen molar-refractivity contribution in [2.45, 2.75) is 44.8 Å². The van der Waals surface area contributed by atoms with Gasteiger partial charge in [0.25, 0.3) is 0 Å². The minimum Gasteiger partial charge on any atom is -0.387 e. The van der Waals surface area contributed by atoms with E-state index >= 15 is 0 Å². The van der Waals surface area contributed by atoms with Crippen LogP contribution < -0.4 is 5.32 Å². The van der Waals surface area contributed by atoms with Gasteiger partial charge < -0.3 is 10.4 Å². The minimum atomic E-state index is -0.341. The van der Waals surface area contributed by atoms with E-state index in [1.807, 2.05) is 16.8 Å². The first-order valence-electron chi connectivity index (χ1n) is 6.23. The molecule has 0 saturated heterocycles. The van der Waals surface area contributed by atoms with Crippen LogP contribution in [0.15, 0.2) is 16.8 Å². The van der Waals surface area contributed by atoms with Crippen molar-refractivity contribution in [2.24, 2.45) is 5.92 Å². The van der Waals surface area contributed by atoms with Crippen LogP contribution in [0.25, 0.3) is 0 Å². The number of aliphatic hydroxyl groups excluding tert-OH is 1. The second-order valence-corrected chi connectivity index (χ2v) is 5.55. The highest BCUT2D eigenvalue weighted by Gasteiger charge is 2.23. The molecular formula is C13H21NOS. The normalized spacial score (nSPS) is 27.1. The van der Waals surface area contributed by atoms with E-state index in [1.54, 1.807) is 11.3 Å². The van der Waals surface area contributed by atoms with Crippen LogP contribution in [0.5, 0.6) is 0 Å². The lowest BCUT2D eigenvalue weighted by atomic mass is 10.1. The molecule has 1 aromatic heterocycles. The summed E-state index contributed by atoms with van der Waals surface area (Å²) in [6, 6.07) is 2.62. The quantitative estimate of drug-likeness (QED) is 0.828. The van der Waals surface area contributed by atoms with Crippen LogP contribution >= 0.6 is 11.3 Å². The van der Waals surface area contributed by atoms with Crippen LogP contribution in [0.3, 0.4) is 0 Å². The van der Waals surface area contributed by atoms with Crippen molar-refractivity contribution in [2.75, 3.05) is 6.54 Å². The van der Waals surface area contributed by atoms with Crippen molar-refractivity contribution in [1.29, 1.82) is 0 Å². The molecule has 1 aliphatic rings. The summed E-state index contributed by atoms with van der Waals surface area (Å²) in [5.41, 5.74) is 1.04. The van der Waals surface area contributed by atoms with E-state index in [9.17, 15) is 5.11 Å². The van der Waals surface area contributed by atoms with E-state index in [1.165, 1.54) is 25.7 Å². The van der Waals surface area contributed by atoms with E-state index in [0.717, 1.165) is 11.5 Å². The van der Waals surface area contributed by atoms with Crippen LogP contribution in [-0.2, 0) is 0 Å². The average Bonchev–Trinajstić information content (AvgIpc) is 2.96. The number of thiophene rings is 1. The van der Waals surface area contributed by atoms with Crippen molar-refractivity contribution >= 4 is 11.3 Å². The molecule has 0 aromatic carbocycles. The standard InChI is InChI=1S/C13H21NOS/c1-2-10-3-4-12(7-10)14-8-13(15)11-5-6-16-9-11/h5-6,9-10,12-15H,2-4,7-8H2,1H3. The fourth-order valence-electron chi connectivity index (χ4n) is 2.49. The van der Waals surface area contributed by atoms with Gasteiger partial charge in [-0.1, -0.05) is 13.3 Å². The van der Waals surface area contributed by atoms with Gasteiger partial charge in [-0.3, -0.25) is 0 Å². The lowest BCUT2D eigenvalue weighted by Gasteiger charge is -2.16. The van der Waals surface area contributed by atoms with E-state index in [2.05, 4.69) is 12.2 Å². The molecule has 16 heavy (non-hydrogen) atoms. The fourth-order valence-corrected chi connectivity index (χ4v) is 3.20. The van der Waals surface area contributed by atoms with Crippen molar-refractivity contribution in [3.63, 3.8) is 0 Å². The third kappa shape index (κ3) is 3.06. The zero-order valence-corrected chi connectivity index (χ0v) is 10.7. The lowest BCUT2D eigenvalue weighted by Crippen LogP contribution is -2.30. The topological polar surface area (TPSA) is 32.3 Å². The second-order valence-electron chi connectivity index (χ2n) is 4.76. The Morgan fingerprint density at radius 3 is 3.06 bits per heavy atom. The van der Waals surface area contributed by atoms with Crippen molar-refractivity contribution in [3.05, 3.63) is 22.4 Å². The van der Waals surface area contributed by atoms with Crippen LogP contribution in [-0.4, -0.2) is 17.7 Å². The Hall–Kier alpha value is -0.380. The summed E-state index contributed by atoms with van der Waals surface area (Å²) in [5.74, 6) is 0.899. The molecule has 0 radical (unpaired) electrons. The number of rotatable bonds is 5. The number of nitrogens with one attached hydrogen (secondary N) is 1. The Kier molecular flexibility index (Phi) is 4.38. The number of hydrogen-bond acceptors (Lipinski definition) is 3. The number of hydrogen-bond donors (Lipinski definition) is 2. The summed E-state index contributed by atoms with van der Waals surface area (Å²) in [6.45, 7) is 2.96. The Morgan fingerprint density at radius 1 is 1.56 bits per heavy atom. The molecule has 3 atom stereocenters. The summed E-state index contributed by atoms with van der Waals surface area (Å²) >= 11 is 1.64. The second kappa shape index (κ2) is 5.80. The van der Waals surface area contributed by atoms with Gasteiger partial charge in [0, 0.05) is 12.6 Å². The SMILES string of the molecule is CCC1CCC(NCC(O)c2ccsc2)C1. The van der Waals surface area contributed by atoms with Gasteiger partial charge in [-0.25, -0.2) is 0 Å². The Bertz CT molecular complexity index is 299. The molecule has 2 N–H and O–H groups in total. The first-order chi connectivity index (χ1) is 7.79. The lowest BCUT2D eigenvalue weighted by molar-refractivity contribution is 0.170. The molecule has 1 heterocycles. The van der Waals surface area contributed by atoms with Gasteiger partial charge in [0.1, 0.15) is 0 Å². The predicted octanol–water partition coefficient (Wildman–Crippen LogP) is 2.95. The summed E-state index contributed by atoms with van der Waals surface area (Å²) in [7, 11) is 0. The first kappa shape index (κ1) is 12.1. The molecular weight excluding hydrogens is 218 g/mol. The van der Waals surface area contributed by atoms with E-state index < -0.39 is 0 Å². The maximum absolute atomic E-state index is 9.94. The van der Waals surface area contributed by atoms with Crippen molar-refractivity contribution < 1.29 is 5.11 Å². The van der Waals surface area contributed by atoms with Crippen LogP contribution in [0.1, 0.15) is 44.3 Å². The highest BCUT2D eigenvalue weighted by atomic mass is 32.1. The highest BCUT2D eigenvalue weighted by Crippen LogP contribution is 2.28. The maximum atomic E-state index is 9.94. The molecule has 1 aliphatic carbocycles. The summed E-state index contributed by atoms with van der Waals surface area (Å²) in [6.07, 6.45) is 4.86. The van der Waals surface area contributed by atoms with Gasteiger partial charge in [0.2, 0.25) is 0 Å². The van der Waals surface area contributed by atoms with Crippen LogP contribution in [0.4, 0.5) is 0 Å². The average molecular weight is 239 g/mol. The maximum Gasteiger partial charge on any atom is 0.0922 e. The smallest absolute Gasteiger partial charge is 0.0922 e. The first-order valence-corrected chi connectivity index (χ1v) is 7.17. The minimum absolute atomic E-state index is 0.341. The van der Waals surface area contributed by atoms with Gasteiger partial charge in [-0.15, -0.1) is 0 Å². The van der Waals surface area contributed by atoms with Gasteiger partial charge >= 0.3 is 0 Å². The third-order valence-electron chi connectivity index (χ3n) is 3.65. The molecule has 1 aromatic rings. The Balaban J connectivity index is 1.72. The predicted molar refractivity (Wildman–Crippen MR) is 68.7 cm³/mol. The molecule has 2 rings (SSSR count). The molecule has 3 unspecified atom stereocenters. The third-order valence-corrected chi connectivity index (χ3v) is 4.35. The van der Waals surface area contributed by atoms with Gasteiger partial charge in [-0.2, -0.15) is 11.3 Å². The molecule has 1 saturated carbocycles. The van der Waals surface area contributed by atoms with Gasteiger partial charge in [-0.05, 0) is 47.6 Å². The molecule has 2 nitrogen and oxygen atoms in total. The Labute approximate surface area is 102 Å². The molecule has 3 heteroatoms. The summed E-state index contributed by atoms with van der Waals surface area (Å²) < 4.78 is 0. The summed E-state index contributed by atoms with van der Waals surface area (Å²) in [4.78, 5) is 0. The fraction of sp³-hybridized carbons (Fsp3) is 0.692. The monoisotopic (exact) mass is 239 g/mol. The highest BCUT2D eigenvalue weighted by molar-refractivity contribution is 7.07. The van der Waals surface area contributed by atoms with Crippen LogP contribution in [0, 0.1) is 5.92 Å². The molecule has 0 spiro atoms. The summed E-state index contributed by atoms with van der Waals surface area (Å²) in [5, 5.41) is 17.5. The zero-order valence-electron chi connectivity index (χ0n) is 9.86. The van der Waals surface area contributed by atoms with Crippen molar-refractivity contribution in [3.8, 4) is 0 Å². The number of aliphatic hydroxyl groups is 1. The molecule has 0 bridgehead atoms. The van der Waals surface area contributed by atoms with E-state index in [0.29, 0.717) is 12.6 Å². The Morgan fingerprint density at radius 2 is 2.44 bits per heavy atom. The van der Waals surface area contributed by atoms with Gasteiger partial charge in [0.05, 0.1) is 6.10 Å². The van der Waals surface area contributed by atoms with E-state index in [-0.39, 0.29) is 6.10 Å². The largest absolute Gasteiger partial charge is 0.387 e. The molecule has 1 fully saturated rings.